The van der Waals surface area contributed by atoms with Crippen molar-refractivity contribution in [2.75, 3.05) is 5.32 Å². The highest BCUT2D eigenvalue weighted by molar-refractivity contribution is 6.04. The molecule has 0 radical (unpaired) electrons. The Balaban J connectivity index is 1.78. The lowest BCUT2D eigenvalue weighted by Crippen LogP contribution is -2.27. The van der Waals surface area contributed by atoms with Crippen molar-refractivity contribution in [1.29, 1.82) is 0 Å². The molecule has 1 fully saturated rings. The average molecular weight is 317 g/mol. The molecular weight excluding hydrogens is 304 g/mol. The molecule has 1 aromatic heterocycles. The van der Waals surface area contributed by atoms with E-state index in [0.29, 0.717) is 0 Å². The van der Waals surface area contributed by atoms with Gasteiger partial charge in [0.15, 0.2) is 0 Å². The number of benzene rings is 1. The summed E-state index contributed by atoms with van der Waals surface area (Å²) in [7, 11) is 0. The second kappa shape index (κ2) is 6.12. The zero-order chi connectivity index (χ0) is 16.4. The lowest BCUT2D eigenvalue weighted by molar-refractivity contribution is 0.0946. The molecule has 0 aliphatic heterocycles. The van der Waals surface area contributed by atoms with Crippen LogP contribution in [0.15, 0.2) is 36.4 Å². The maximum Gasteiger partial charge on any atom is 0.274 e. The Morgan fingerprint density at radius 1 is 0.957 bits per heavy atom. The Labute approximate surface area is 130 Å². The summed E-state index contributed by atoms with van der Waals surface area (Å²) in [6.07, 6.45) is 1.86. The summed E-state index contributed by atoms with van der Waals surface area (Å²) in [4.78, 5) is 27.9. The quantitative estimate of drug-likeness (QED) is 0.910. The fraction of sp³-hybridized carbons (Fsp3) is 0.188. The van der Waals surface area contributed by atoms with E-state index in [2.05, 4.69) is 15.6 Å². The minimum atomic E-state index is -0.888. The lowest BCUT2D eigenvalue weighted by Gasteiger charge is -2.08. The second-order valence-electron chi connectivity index (χ2n) is 5.21. The third kappa shape index (κ3) is 3.50. The number of rotatable bonds is 4. The van der Waals surface area contributed by atoms with Crippen molar-refractivity contribution in [2.45, 2.75) is 18.9 Å². The topological polar surface area (TPSA) is 71.1 Å². The first-order valence-electron chi connectivity index (χ1n) is 7.08. The van der Waals surface area contributed by atoms with Crippen molar-refractivity contribution < 1.29 is 18.4 Å². The van der Waals surface area contributed by atoms with Crippen molar-refractivity contribution in [3.05, 3.63) is 59.4 Å². The predicted molar refractivity (Wildman–Crippen MR) is 79.0 cm³/mol. The SMILES string of the molecule is O=C(Nc1c(F)cccc1F)c1cccc(C(=O)NC2CC2)n1. The van der Waals surface area contributed by atoms with Crippen LogP contribution in [0.25, 0.3) is 0 Å². The molecular formula is C16H13F2N3O2. The van der Waals surface area contributed by atoms with E-state index >= 15 is 0 Å². The smallest absolute Gasteiger partial charge is 0.274 e. The van der Waals surface area contributed by atoms with E-state index in [-0.39, 0.29) is 23.3 Å². The normalized spacial score (nSPS) is 13.5. The summed E-state index contributed by atoms with van der Waals surface area (Å²) in [6, 6.07) is 7.74. The summed E-state index contributed by atoms with van der Waals surface area (Å²) < 4.78 is 27.1. The second-order valence-corrected chi connectivity index (χ2v) is 5.21. The monoisotopic (exact) mass is 317 g/mol. The maximum absolute atomic E-state index is 13.5. The van der Waals surface area contributed by atoms with E-state index in [1.54, 1.807) is 0 Å². The number of hydrogen-bond donors (Lipinski definition) is 2. The molecule has 0 atom stereocenters. The number of carbonyl (C=O) groups is 2. The highest BCUT2D eigenvalue weighted by Crippen LogP contribution is 2.20. The number of amides is 2. The third-order valence-corrected chi connectivity index (χ3v) is 3.33. The zero-order valence-electron chi connectivity index (χ0n) is 12.0. The molecule has 0 bridgehead atoms. The molecule has 0 spiro atoms. The molecule has 0 saturated heterocycles. The van der Waals surface area contributed by atoms with E-state index in [1.165, 1.54) is 24.3 Å². The van der Waals surface area contributed by atoms with Gasteiger partial charge in [-0.3, -0.25) is 9.59 Å². The van der Waals surface area contributed by atoms with Crippen molar-refractivity contribution in [2.24, 2.45) is 0 Å². The highest BCUT2D eigenvalue weighted by Gasteiger charge is 2.24. The molecule has 1 saturated carbocycles. The molecule has 1 aromatic carbocycles. The van der Waals surface area contributed by atoms with Gasteiger partial charge in [0.1, 0.15) is 28.7 Å². The predicted octanol–water partition coefficient (Wildman–Crippen LogP) is 2.50. The molecule has 1 aliphatic rings. The molecule has 23 heavy (non-hydrogen) atoms. The van der Waals surface area contributed by atoms with Crippen molar-refractivity contribution in [3.8, 4) is 0 Å². The summed E-state index contributed by atoms with van der Waals surface area (Å²) in [5.74, 6) is -2.95. The van der Waals surface area contributed by atoms with Gasteiger partial charge >= 0.3 is 0 Å². The Morgan fingerprint density at radius 3 is 2.13 bits per heavy atom. The minimum absolute atomic E-state index is 0.0820. The van der Waals surface area contributed by atoms with Gasteiger partial charge in [0.05, 0.1) is 0 Å². The van der Waals surface area contributed by atoms with Crippen LogP contribution in [0.3, 0.4) is 0 Å². The lowest BCUT2D eigenvalue weighted by atomic mass is 10.2. The summed E-state index contributed by atoms with van der Waals surface area (Å²) >= 11 is 0. The van der Waals surface area contributed by atoms with Gasteiger partial charge in [0.25, 0.3) is 11.8 Å². The van der Waals surface area contributed by atoms with Gasteiger partial charge < -0.3 is 10.6 Å². The zero-order valence-corrected chi connectivity index (χ0v) is 12.0. The van der Waals surface area contributed by atoms with Crippen LogP contribution in [0.4, 0.5) is 14.5 Å². The first-order chi connectivity index (χ1) is 11.0. The molecule has 0 unspecified atom stereocenters. The molecule has 2 aromatic rings. The van der Waals surface area contributed by atoms with E-state index in [0.717, 1.165) is 25.0 Å². The van der Waals surface area contributed by atoms with Crippen LogP contribution >= 0.6 is 0 Å². The number of pyridine rings is 1. The van der Waals surface area contributed by atoms with E-state index in [4.69, 9.17) is 0 Å². The van der Waals surface area contributed by atoms with Gasteiger partial charge in [0, 0.05) is 6.04 Å². The Morgan fingerprint density at radius 2 is 1.52 bits per heavy atom. The standard InChI is InChI=1S/C16H13F2N3O2/c17-10-3-1-4-11(18)14(10)21-16(23)13-6-2-5-12(20-13)15(22)19-9-7-8-9/h1-6,9H,7-8H2,(H,19,22)(H,21,23). The van der Waals surface area contributed by atoms with Crippen LogP contribution in [-0.2, 0) is 0 Å². The summed E-state index contributed by atoms with van der Waals surface area (Å²) in [5, 5.41) is 4.88. The van der Waals surface area contributed by atoms with Crippen LogP contribution in [0.5, 0.6) is 0 Å². The molecule has 5 nitrogen and oxygen atoms in total. The number of aromatic nitrogens is 1. The van der Waals surface area contributed by atoms with Crippen molar-refractivity contribution >= 4 is 17.5 Å². The van der Waals surface area contributed by atoms with Crippen molar-refractivity contribution in [3.63, 3.8) is 0 Å². The Hall–Kier alpha value is -2.83. The van der Waals surface area contributed by atoms with Gasteiger partial charge in [-0.05, 0) is 37.1 Å². The third-order valence-electron chi connectivity index (χ3n) is 3.33. The van der Waals surface area contributed by atoms with Crippen LogP contribution < -0.4 is 10.6 Å². The Kier molecular flexibility index (Phi) is 4.01. The van der Waals surface area contributed by atoms with Gasteiger partial charge in [0.2, 0.25) is 0 Å². The fourth-order valence-electron chi connectivity index (χ4n) is 1.97. The molecule has 1 aliphatic carbocycles. The summed E-state index contributed by atoms with van der Waals surface area (Å²) in [5.41, 5.74) is -0.568. The largest absolute Gasteiger partial charge is 0.348 e. The van der Waals surface area contributed by atoms with E-state index in [9.17, 15) is 18.4 Å². The number of hydrogen-bond acceptors (Lipinski definition) is 3. The highest BCUT2D eigenvalue weighted by atomic mass is 19.1. The van der Waals surface area contributed by atoms with Crippen LogP contribution in [0.2, 0.25) is 0 Å². The first kappa shape index (κ1) is 15.1. The number of carbonyl (C=O) groups excluding carboxylic acids is 2. The number of anilines is 1. The number of nitrogens with zero attached hydrogens (tertiary/aromatic N) is 1. The molecule has 1 heterocycles. The molecule has 7 heteroatoms. The fourth-order valence-corrected chi connectivity index (χ4v) is 1.97. The Bertz CT molecular complexity index is 755. The molecule has 3 rings (SSSR count). The van der Waals surface area contributed by atoms with Gasteiger partial charge in [-0.1, -0.05) is 12.1 Å². The number of halogens is 2. The van der Waals surface area contributed by atoms with Gasteiger partial charge in [-0.25, -0.2) is 13.8 Å². The number of para-hydroxylation sites is 1. The molecule has 2 N–H and O–H groups in total. The van der Waals surface area contributed by atoms with Crippen molar-refractivity contribution in [1.82, 2.24) is 10.3 Å². The first-order valence-corrected chi connectivity index (χ1v) is 7.08. The van der Waals surface area contributed by atoms with E-state index < -0.39 is 23.2 Å². The minimum Gasteiger partial charge on any atom is -0.348 e. The van der Waals surface area contributed by atoms with Gasteiger partial charge in [-0.2, -0.15) is 0 Å². The van der Waals surface area contributed by atoms with Crippen LogP contribution in [-0.4, -0.2) is 22.8 Å². The maximum atomic E-state index is 13.5. The molecule has 118 valence electrons. The molecule has 2 amide bonds. The van der Waals surface area contributed by atoms with Crippen LogP contribution in [0.1, 0.15) is 33.8 Å². The van der Waals surface area contributed by atoms with E-state index in [1.807, 2.05) is 0 Å². The number of nitrogens with one attached hydrogen (secondary N) is 2. The van der Waals surface area contributed by atoms with Gasteiger partial charge in [-0.15, -0.1) is 0 Å². The average Bonchev–Trinajstić information content (AvgIpc) is 3.35. The summed E-state index contributed by atoms with van der Waals surface area (Å²) in [6.45, 7) is 0. The van der Waals surface area contributed by atoms with Crippen LogP contribution in [0, 0.1) is 11.6 Å².